The molecule has 0 unspecified atom stereocenters. The number of halogens is 1. The van der Waals surface area contributed by atoms with E-state index in [2.05, 4.69) is 4.90 Å². The molecule has 3 rings (SSSR count). The van der Waals surface area contributed by atoms with Crippen molar-refractivity contribution in [2.45, 2.75) is 12.5 Å². The molecule has 0 bridgehead atoms. The summed E-state index contributed by atoms with van der Waals surface area (Å²) >= 11 is 5.84. The van der Waals surface area contributed by atoms with E-state index < -0.39 is 9.84 Å². The average molecular weight is 343 g/mol. The number of hydrogen-bond acceptors (Lipinski definition) is 4. The molecule has 0 saturated carbocycles. The van der Waals surface area contributed by atoms with Crippen LogP contribution in [0.25, 0.3) is 0 Å². The van der Waals surface area contributed by atoms with E-state index in [0.717, 1.165) is 13.1 Å². The van der Waals surface area contributed by atoms with Crippen LogP contribution in [0.4, 0.5) is 0 Å². The molecular formula is C15H19ClN2O3S. The van der Waals surface area contributed by atoms with Gasteiger partial charge in [0.05, 0.1) is 11.5 Å². The summed E-state index contributed by atoms with van der Waals surface area (Å²) in [5, 5.41) is 0.615. The predicted molar refractivity (Wildman–Crippen MR) is 86.0 cm³/mol. The quantitative estimate of drug-likeness (QED) is 0.812. The number of hydrogen-bond donors (Lipinski definition) is 0. The molecule has 0 N–H and O–H groups in total. The van der Waals surface area contributed by atoms with Crippen LogP contribution >= 0.6 is 11.6 Å². The summed E-state index contributed by atoms with van der Waals surface area (Å²) in [6, 6.07) is 7.03. The third-order valence-electron chi connectivity index (χ3n) is 4.42. The van der Waals surface area contributed by atoms with Crippen LogP contribution < -0.4 is 0 Å². The van der Waals surface area contributed by atoms with Gasteiger partial charge in [0, 0.05) is 42.8 Å². The molecule has 2 saturated heterocycles. The minimum Gasteiger partial charge on any atom is -0.336 e. The zero-order valence-corrected chi connectivity index (χ0v) is 13.8. The molecule has 120 valence electrons. The monoisotopic (exact) mass is 342 g/mol. The molecule has 2 fully saturated rings. The first-order valence-corrected chi connectivity index (χ1v) is 9.64. The fraction of sp³-hybridized carbons (Fsp3) is 0.533. The molecule has 1 aromatic carbocycles. The van der Waals surface area contributed by atoms with Crippen LogP contribution in [-0.4, -0.2) is 67.9 Å². The smallest absolute Gasteiger partial charge is 0.253 e. The van der Waals surface area contributed by atoms with E-state index in [9.17, 15) is 13.2 Å². The van der Waals surface area contributed by atoms with Crippen LogP contribution in [0.2, 0.25) is 5.02 Å². The van der Waals surface area contributed by atoms with Gasteiger partial charge in [-0.1, -0.05) is 11.6 Å². The third kappa shape index (κ3) is 3.45. The van der Waals surface area contributed by atoms with Gasteiger partial charge in [-0.25, -0.2) is 8.42 Å². The standard InChI is InChI=1S/C15H19ClN2O3S/c16-13-3-1-12(2-4-13)15(19)18-8-6-17(7-9-18)14-5-10-22(20,21)11-14/h1-4,14H,5-11H2/t14-/m0/s1. The molecule has 1 atom stereocenters. The van der Waals surface area contributed by atoms with E-state index in [1.807, 2.05) is 4.90 Å². The first-order chi connectivity index (χ1) is 10.4. The summed E-state index contributed by atoms with van der Waals surface area (Å²) in [5.74, 6) is 0.565. The van der Waals surface area contributed by atoms with E-state index >= 15 is 0 Å². The predicted octanol–water partition coefficient (Wildman–Crippen LogP) is 1.28. The maximum absolute atomic E-state index is 12.4. The maximum Gasteiger partial charge on any atom is 0.253 e. The average Bonchev–Trinajstić information content (AvgIpc) is 2.88. The normalized spacial score (nSPS) is 25.3. The van der Waals surface area contributed by atoms with Gasteiger partial charge in [0.15, 0.2) is 9.84 Å². The highest BCUT2D eigenvalue weighted by Crippen LogP contribution is 2.20. The van der Waals surface area contributed by atoms with Crippen molar-refractivity contribution in [1.82, 2.24) is 9.80 Å². The molecule has 2 aliphatic rings. The van der Waals surface area contributed by atoms with Crippen molar-refractivity contribution < 1.29 is 13.2 Å². The van der Waals surface area contributed by atoms with Crippen molar-refractivity contribution in [2.24, 2.45) is 0 Å². The minimum atomic E-state index is -2.86. The van der Waals surface area contributed by atoms with Crippen molar-refractivity contribution in [3.05, 3.63) is 34.9 Å². The van der Waals surface area contributed by atoms with Crippen molar-refractivity contribution in [3.8, 4) is 0 Å². The van der Waals surface area contributed by atoms with E-state index in [1.165, 1.54) is 0 Å². The Kier molecular flexibility index (Phi) is 4.43. The van der Waals surface area contributed by atoms with Gasteiger partial charge in [0.25, 0.3) is 5.91 Å². The Labute approximate surface area is 135 Å². The zero-order valence-electron chi connectivity index (χ0n) is 12.2. The fourth-order valence-corrected chi connectivity index (χ4v) is 5.02. The lowest BCUT2D eigenvalue weighted by molar-refractivity contribution is 0.0588. The SMILES string of the molecule is O=C(c1ccc(Cl)cc1)N1CCN([C@H]2CCS(=O)(=O)C2)CC1. The lowest BCUT2D eigenvalue weighted by atomic mass is 10.1. The van der Waals surface area contributed by atoms with Gasteiger partial charge < -0.3 is 4.90 Å². The summed E-state index contributed by atoms with van der Waals surface area (Å²) in [5.41, 5.74) is 0.640. The Bertz CT molecular complexity index is 652. The number of rotatable bonds is 2. The fourth-order valence-electron chi connectivity index (χ4n) is 3.13. The Morgan fingerprint density at radius 1 is 1.09 bits per heavy atom. The molecule has 22 heavy (non-hydrogen) atoms. The molecule has 5 nitrogen and oxygen atoms in total. The number of carbonyl (C=O) groups excluding carboxylic acids is 1. The van der Waals surface area contributed by atoms with E-state index in [-0.39, 0.29) is 17.7 Å². The summed E-state index contributed by atoms with van der Waals surface area (Å²) in [7, 11) is -2.86. The minimum absolute atomic E-state index is 0.00959. The molecule has 0 radical (unpaired) electrons. The molecule has 2 heterocycles. The van der Waals surface area contributed by atoms with Gasteiger partial charge in [0.2, 0.25) is 0 Å². The number of nitrogens with zero attached hydrogens (tertiary/aromatic N) is 2. The Hall–Kier alpha value is -1.11. The molecule has 0 aromatic heterocycles. The highest BCUT2D eigenvalue weighted by atomic mass is 35.5. The number of amides is 1. The molecular weight excluding hydrogens is 324 g/mol. The molecule has 1 aromatic rings. The molecule has 7 heteroatoms. The van der Waals surface area contributed by atoms with Gasteiger partial charge in [-0.3, -0.25) is 9.69 Å². The second kappa shape index (κ2) is 6.18. The Balaban J connectivity index is 1.57. The van der Waals surface area contributed by atoms with Crippen molar-refractivity contribution in [1.29, 1.82) is 0 Å². The van der Waals surface area contributed by atoms with Gasteiger partial charge in [0.1, 0.15) is 0 Å². The molecule has 0 aliphatic carbocycles. The van der Waals surface area contributed by atoms with Gasteiger partial charge in [-0.15, -0.1) is 0 Å². The lowest BCUT2D eigenvalue weighted by Crippen LogP contribution is -2.52. The van der Waals surface area contributed by atoms with Gasteiger partial charge in [-0.2, -0.15) is 0 Å². The second-order valence-corrected chi connectivity index (χ2v) is 8.56. The molecule has 0 spiro atoms. The van der Waals surface area contributed by atoms with Crippen LogP contribution in [0.5, 0.6) is 0 Å². The largest absolute Gasteiger partial charge is 0.336 e. The Morgan fingerprint density at radius 2 is 1.73 bits per heavy atom. The highest BCUT2D eigenvalue weighted by Gasteiger charge is 2.34. The maximum atomic E-state index is 12.4. The van der Waals surface area contributed by atoms with Crippen molar-refractivity contribution >= 4 is 27.3 Å². The second-order valence-electron chi connectivity index (χ2n) is 5.89. The van der Waals surface area contributed by atoms with Crippen molar-refractivity contribution in [3.63, 3.8) is 0 Å². The topological polar surface area (TPSA) is 57.7 Å². The van der Waals surface area contributed by atoms with Gasteiger partial charge >= 0.3 is 0 Å². The summed E-state index contributed by atoms with van der Waals surface area (Å²) in [6.07, 6.45) is 0.716. The Morgan fingerprint density at radius 3 is 2.27 bits per heavy atom. The van der Waals surface area contributed by atoms with Crippen LogP contribution in [-0.2, 0) is 9.84 Å². The van der Waals surface area contributed by atoms with Crippen LogP contribution in [0, 0.1) is 0 Å². The van der Waals surface area contributed by atoms with E-state index in [4.69, 9.17) is 11.6 Å². The van der Waals surface area contributed by atoms with Crippen LogP contribution in [0.3, 0.4) is 0 Å². The van der Waals surface area contributed by atoms with E-state index in [0.29, 0.717) is 35.8 Å². The number of piperazine rings is 1. The number of carbonyl (C=O) groups is 1. The first-order valence-electron chi connectivity index (χ1n) is 7.44. The number of benzene rings is 1. The summed E-state index contributed by atoms with van der Waals surface area (Å²) in [4.78, 5) is 16.4. The lowest BCUT2D eigenvalue weighted by Gasteiger charge is -2.37. The van der Waals surface area contributed by atoms with E-state index in [1.54, 1.807) is 24.3 Å². The molecule has 1 amide bonds. The third-order valence-corrected chi connectivity index (χ3v) is 6.42. The number of sulfone groups is 1. The van der Waals surface area contributed by atoms with Crippen LogP contribution in [0.15, 0.2) is 24.3 Å². The highest BCUT2D eigenvalue weighted by molar-refractivity contribution is 7.91. The zero-order chi connectivity index (χ0) is 15.7. The van der Waals surface area contributed by atoms with Gasteiger partial charge in [-0.05, 0) is 30.7 Å². The summed E-state index contributed by atoms with van der Waals surface area (Å²) in [6.45, 7) is 2.75. The first kappa shape index (κ1) is 15.8. The molecule has 2 aliphatic heterocycles. The van der Waals surface area contributed by atoms with Crippen molar-refractivity contribution in [2.75, 3.05) is 37.7 Å². The summed E-state index contributed by atoms with van der Waals surface area (Å²) < 4.78 is 23.1. The van der Waals surface area contributed by atoms with Crippen LogP contribution in [0.1, 0.15) is 16.8 Å².